The number of carbonyl (C=O) groups is 3. The summed E-state index contributed by atoms with van der Waals surface area (Å²) in [5.41, 5.74) is 0.677. The first kappa shape index (κ1) is 20.3. The van der Waals surface area contributed by atoms with Gasteiger partial charge in [-0.1, -0.05) is 25.5 Å². The molecule has 0 aromatic rings. The molecule has 0 aromatic carbocycles. The fourth-order valence-electron chi connectivity index (χ4n) is 7.05. The molecule has 0 saturated heterocycles. The van der Waals surface area contributed by atoms with E-state index in [1.807, 2.05) is 6.08 Å². The summed E-state index contributed by atoms with van der Waals surface area (Å²) in [4.78, 5) is 34.9. The van der Waals surface area contributed by atoms with Crippen LogP contribution in [0.3, 0.4) is 0 Å². The third kappa shape index (κ3) is 3.25. The highest BCUT2D eigenvalue weighted by atomic mass is 16.4. The normalized spacial score (nSPS) is 43.1. The molecular weight excluding hydrogens is 370 g/mol. The monoisotopic (exact) mass is 401 g/mol. The Bertz CT molecular complexity index is 801. The lowest BCUT2D eigenvalue weighted by Gasteiger charge is -2.58. The molecule has 0 aliphatic heterocycles. The third-order valence-electron chi connectivity index (χ3n) is 8.39. The van der Waals surface area contributed by atoms with E-state index in [9.17, 15) is 19.5 Å². The number of carboxylic acids is 1. The lowest BCUT2D eigenvalue weighted by Crippen LogP contribution is -2.58. The van der Waals surface area contributed by atoms with Gasteiger partial charge in [0.25, 0.3) is 0 Å². The maximum Gasteiger partial charge on any atom is 0.303 e. The topological polar surface area (TPSA) is 104 Å². The zero-order valence-electron chi connectivity index (χ0n) is 17.2. The van der Waals surface area contributed by atoms with Crippen LogP contribution in [0.25, 0.3) is 0 Å². The number of hydrogen-bond acceptors (Lipinski definition) is 4. The Balaban J connectivity index is 1.55. The molecule has 6 nitrogen and oxygen atoms in total. The van der Waals surface area contributed by atoms with E-state index in [1.54, 1.807) is 12.2 Å². The van der Waals surface area contributed by atoms with Crippen LogP contribution in [0.1, 0.15) is 58.8 Å². The first-order valence-corrected chi connectivity index (χ1v) is 10.8. The average Bonchev–Trinajstić information content (AvgIpc) is 2.96. The number of aliphatic hydroxyl groups excluding tert-OH is 1. The number of allylic oxidation sites excluding steroid dienone is 4. The molecule has 4 rings (SSSR count). The molecule has 29 heavy (non-hydrogen) atoms. The second-order valence-corrected chi connectivity index (χ2v) is 9.89. The number of nitrogens with one attached hydrogen (secondary N) is 1. The van der Waals surface area contributed by atoms with Crippen LogP contribution < -0.4 is 5.32 Å². The molecule has 0 spiro atoms. The molecule has 6 heteroatoms. The molecule has 4 aliphatic rings. The van der Waals surface area contributed by atoms with Crippen molar-refractivity contribution in [2.45, 2.75) is 70.9 Å². The van der Waals surface area contributed by atoms with Crippen molar-refractivity contribution < 1.29 is 24.6 Å². The van der Waals surface area contributed by atoms with Gasteiger partial charge >= 0.3 is 5.97 Å². The number of fused-ring (bicyclic) bond motifs is 5. The van der Waals surface area contributed by atoms with Gasteiger partial charge in [-0.3, -0.25) is 14.4 Å². The minimum Gasteiger partial charge on any atom is -0.481 e. The molecule has 0 radical (unpaired) electrons. The van der Waals surface area contributed by atoms with E-state index in [0.29, 0.717) is 18.3 Å². The summed E-state index contributed by atoms with van der Waals surface area (Å²) in [5.74, 6) is -0.299. The van der Waals surface area contributed by atoms with Crippen LogP contribution >= 0.6 is 0 Å². The van der Waals surface area contributed by atoms with Gasteiger partial charge in [-0.25, -0.2) is 0 Å². The number of rotatable bonds is 4. The van der Waals surface area contributed by atoms with Crippen LogP contribution in [-0.4, -0.2) is 40.0 Å². The van der Waals surface area contributed by atoms with Gasteiger partial charge in [0.2, 0.25) is 5.91 Å². The summed E-state index contributed by atoms with van der Waals surface area (Å²) >= 11 is 0. The highest BCUT2D eigenvalue weighted by Crippen LogP contribution is 2.64. The van der Waals surface area contributed by atoms with E-state index in [1.165, 1.54) is 0 Å². The van der Waals surface area contributed by atoms with Gasteiger partial charge in [-0.2, -0.15) is 0 Å². The number of carbonyl (C=O) groups excluding carboxylic acids is 2. The Morgan fingerprint density at radius 3 is 2.69 bits per heavy atom. The molecule has 0 unspecified atom stereocenters. The van der Waals surface area contributed by atoms with Crippen molar-refractivity contribution >= 4 is 17.7 Å². The second kappa shape index (κ2) is 7.08. The Morgan fingerprint density at radius 1 is 1.21 bits per heavy atom. The molecule has 158 valence electrons. The first-order chi connectivity index (χ1) is 13.6. The van der Waals surface area contributed by atoms with Crippen molar-refractivity contribution in [3.8, 4) is 0 Å². The standard InChI is InChI=1S/C23H31NO5/c1-22-10-9-14(25)11-13(22)3-4-15-16-5-6-18(24-19(27)7-8-20(28)29)23(16,2)12-17(26)21(15)22/h9-11,15-18,21,26H,3-8,12H2,1-2H3,(H,24,27)(H,28,29)/t15-,16-,17+,18-,21+,22-,23-/m0/s1. The number of amides is 1. The minimum absolute atomic E-state index is 0.00770. The summed E-state index contributed by atoms with van der Waals surface area (Å²) in [7, 11) is 0. The molecule has 0 bridgehead atoms. The molecule has 3 saturated carbocycles. The number of aliphatic hydroxyl groups is 1. The third-order valence-corrected chi connectivity index (χ3v) is 8.39. The molecule has 3 fully saturated rings. The van der Waals surface area contributed by atoms with Crippen LogP contribution in [0.15, 0.2) is 23.8 Å². The number of hydrogen-bond donors (Lipinski definition) is 3. The van der Waals surface area contributed by atoms with Crippen molar-refractivity contribution in [1.29, 1.82) is 0 Å². The lowest BCUT2D eigenvalue weighted by molar-refractivity contribution is -0.139. The Hall–Kier alpha value is -1.95. The van der Waals surface area contributed by atoms with Crippen LogP contribution in [0.4, 0.5) is 0 Å². The summed E-state index contributed by atoms with van der Waals surface area (Å²) in [5, 5.41) is 23.2. The molecule has 7 atom stereocenters. The van der Waals surface area contributed by atoms with Gasteiger partial charge in [0.05, 0.1) is 12.5 Å². The van der Waals surface area contributed by atoms with E-state index >= 15 is 0 Å². The van der Waals surface area contributed by atoms with Crippen molar-refractivity contribution in [1.82, 2.24) is 5.32 Å². The van der Waals surface area contributed by atoms with Crippen molar-refractivity contribution in [3.05, 3.63) is 23.8 Å². The Kier molecular flexibility index (Phi) is 4.96. The van der Waals surface area contributed by atoms with Gasteiger partial charge in [-0.15, -0.1) is 0 Å². The maximum absolute atomic E-state index is 12.3. The smallest absolute Gasteiger partial charge is 0.303 e. The molecule has 4 aliphatic carbocycles. The fraction of sp³-hybridized carbons (Fsp3) is 0.696. The highest BCUT2D eigenvalue weighted by Gasteiger charge is 2.61. The van der Waals surface area contributed by atoms with Crippen LogP contribution in [0, 0.1) is 28.6 Å². The van der Waals surface area contributed by atoms with Crippen molar-refractivity contribution in [3.63, 3.8) is 0 Å². The summed E-state index contributed by atoms with van der Waals surface area (Å²) < 4.78 is 0. The van der Waals surface area contributed by atoms with E-state index in [4.69, 9.17) is 5.11 Å². The Labute approximate surface area is 171 Å². The maximum atomic E-state index is 12.3. The minimum atomic E-state index is -0.968. The van der Waals surface area contributed by atoms with E-state index in [0.717, 1.165) is 31.3 Å². The fourth-order valence-corrected chi connectivity index (χ4v) is 7.05. The molecule has 3 N–H and O–H groups in total. The summed E-state index contributed by atoms with van der Waals surface area (Å²) in [6.45, 7) is 4.34. The molecular formula is C23H31NO5. The zero-order chi connectivity index (χ0) is 21.0. The highest BCUT2D eigenvalue weighted by molar-refractivity contribution is 6.01. The van der Waals surface area contributed by atoms with E-state index in [2.05, 4.69) is 19.2 Å². The predicted molar refractivity (Wildman–Crippen MR) is 107 cm³/mol. The quantitative estimate of drug-likeness (QED) is 0.672. The zero-order valence-corrected chi connectivity index (χ0v) is 17.2. The van der Waals surface area contributed by atoms with Gasteiger partial charge in [0.15, 0.2) is 5.78 Å². The van der Waals surface area contributed by atoms with Crippen LogP contribution in [0.5, 0.6) is 0 Å². The van der Waals surface area contributed by atoms with Gasteiger partial charge < -0.3 is 15.5 Å². The predicted octanol–water partition coefficient (Wildman–Crippen LogP) is 2.61. The van der Waals surface area contributed by atoms with Crippen LogP contribution in [-0.2, 0) is 14.4 Å². The number of carboxylic acid groups (broad SMARTS) is 1. The van der Waals surface area contributed by atoms with Crippen molar-refractivity contribution in [2.75, 3.05) is 0 Å². The number of aliphatic carboxylic acids is 1. The van der Waals surface area contributed by atoms with Crippen molar-refractivity contribution in [2.24, 2.45) is 28.6 Å². The SMILES string of the molecule is C[C@]12C[C@@H](O)[C@H]3[C@@H](CCC4=CC(=O)C=C[C@@]43C)[C@@H]1CC[C@@H]2NC(=O)CCC(=O)O. The summed E-state index contributed by atoms with van der Waals surface area (Å²) in [6, 6.07) is -0.0300. The van der Waals surface area contributed by atoms with Gasteiger partial charge in [0, 0.05) is 23.8 Å². The molecule has 0 heterocycles. The Morgan fingerprint density at radius 2 is 1.97 bits per heavy atom. The molecule has 1 amide bonds. The van der Waals surface area contributed by atoms with E-state index < -0.39 is 12.1 Å². The number of ketones is 1. The lowest BCUT2D eigenvalue weighted by atomic mass is 9.47. The summed E-state index contributed by atoms with van der Waals surface area (Å²) in [6.07, 6.45) is 9.08. The van der Waals surface area contributed by atoms with Crippen LogP contribution in [0.2, 0.25) is 0 Å². The first-order valence-electron chi connectivity index (χ1n) is 10.8. The second-order valence-electron chi connectivity index (χ2n) is 9.89. The average molecular weight is 402 g/mol. The van der Waals surface area contributed by atoms with Gasteiger partial charge in [-0.05, 0) is 61.5 Å². The van der Waals surface area contributed by atoms with E-state index in [-0.39, 0.29) is 47.3 Å². The largest absolute Gasteiger partial charge is 0.481 e. The molecule has 0 aromatic heterocycles. The van der Waals surface area contributed by atoms with Gasteiger partial charge in [0.1, 0.15) is 0 Å².